The molecule has 15 heteroatoms. The first kappa shape index (κ1) is 31.8. The summed E-state index contributed by atoms with van der Waals surface area (Å²) in [7, 11) is -2.68. The molecule has 41 heavy (non-hydrogen) atoms. The van der Waals surface area contributed by atoms with E-state index in [-0.39, 0.29) is 55.5 Å². The summed E-state index contributed by atoms with van der Waals surface area (Å²) >= 11 is 0. The van der Waals surface area contributed by atoms with E-state index in [1.54, 1.807) is 7.11 Å². The van der Waals surface area contributed by atoms with Crippen molar-refractivity contribution >= 4 is 16.0 Å². The number of alkyl halides is 3. The van der Waals surface area contributed by atoms with Crippen LogP contribution in [0.15, 0.2) is 24.3 Å². The number of hydroxylamine groups is 3. The number of quaternary nitrogens is 1. The lowest BCUT2D eigenvalue weighted by Gasteiger charge is -2.46. The van der Waals surface area contributed by atoms with E-state index in [0.717, 1.165) is 31.4 Å². The van der Waals surface area contributed by atoms with Crippen molar-refractivity contribution in [3.8, 4) is 11.5 Å². The number of carbonyl (C=O) groups is 1. The van der Waals surface area contributed by atoms with Crippen molar-refractivity contribution in [1.29, 1.82) is 0 Å². The van der Waals surface area contributed by atoms with Crippen LogP contribution >= 0.6 is 0 Å². The van der Waals surface area contributed by atoms with Gasteiger partial charge >= 0.3 is 12.3 Å². The van der Waals surface area contributed by atoms with Crippen LogP contribution in [0.25, 0.3) is 0 Å². The third-order valence-corrected chi connectivity index (χ3v) is 10.6. The lowest BCUT2D eigenvalue weighted by molar-refractivity contribution is -1.12. The highest BCUT2D eigenvalue weighted by atomic mass is 32.2. The maximum Gasteiger partial charge on any atom is 0.573 e. The van der Waals surface area contributed by atoms with Crippen LogP contribution in [-0.2, 0) is 29.1 Å². The highest BCUT2D eigenvalue weighted by Crippen LogP contribution is 2.39. The molecule has 1 N–H and O–H groups in total. The van der Waals surface area contributed by atoms with E-state index in [2.05, 4.69) is 4.74 Å². The fraction of sp³-hybridized carbons (Fsp3) is 0.731. The van der Waals surface area contributed by atoms with Crippen molar-refractivity contribution in [2.45, 2.75) is 68.4 Å². The van der Waals surface area contributed by atoms with Crippen LogP contribution in [0.3, 0.4) is 0 Å². The average molecular weight is 612 g/mol. The van der Waals surface area contributed by atoms with Gasteiger partial charge < -0.3 is 24.1 Å². The molecule has 11 nitrogen and oxygen atoms in total. The van der Waals surface area contributed by atoms with E-state index in [1.165, 1.54) is 16.4 Å². The molecular weight excluding hydrogens is 573 g/mol. The lowest BCUT2D eigenvalue weighted by atomic mass is 9.95. The second-order valence-corrected chi connectivity index (χ2v) is 12.9. The van der Waals surface area contributed by atoms with Crippen molar-refractivity contribution in [1.82, 2.24) is 4.31 Å². The number of ether oxygens (including phenoxy) is 4. The summed E-state index contributed by atoms with van der Waals surface area (Å²) in [6, 6.07) is 4.97. The average Bonchev–Trinajstić information content (AvgIpc) is 2.93. The Labute approximate surface area is 237 Å². The highest BCUT2D eigenvalue weighted by Gasteiger charge is 2.59. The second-order valence-electron chi connectivity index (χ2n) is 10.7. The van der Waals surface area contributed by atoms with Gasteiger partial charge in [-0.15, -0.1) is 13.2 Å². The van der Waals surface area contributed by atoms with E-state index in [0.29, 0.717) is 38.3 Å². The molecule has 0 amide bonds. The fourth-order valence-corrected chi connectivity index (χ4v) is 7.73. The molecule has 3 aliphatic heterocycles. The van der Waals surface area contributed by atoms with E-state index < -0.39 is 33.4 Å². The Morgan fingerprint density at radius 2 is 1.73 bits per heavy atom. The van der Waals surface area contributed by atoms with Crippen LogP contribution in [0.2, 0.25) is 0 Å². The molecule has 1 unspecified atom stereocenters. The number of halogens is 3. The van der Waals surface area contributed by atoms with Crippen LogP contribution in [-0.4, -0.2) is 105 Å². The zero-order valence-corrected chi connectivity index (χ0v) is 23.8. The van der Waals surface area contributed by atoms with Gasteiger partial charge in [-0.2, -0.15) is 9.48 Å². The largest absolute Gasteiger partial charge is 0.573 e. The van der Waals surface area contributed by atoms with Gasteiger partial charge in [-0.05, 0) is 49.9 Å². The predicted octanol–water partition coefficient (Wildman–Crippen LogP) is 3.30. The molecule has 232 valence electrons. The molecule has 0 aromatic heterocycles. The minimum Gasteiger partial charge on any atom is -0.490 e. The van der Waals surface area contributed by atoms with Crippen molar-refractivity contribution < 1.29 is 59.9 Å². The van der Waals surface area contributed by atoms with Crippen molar-refractivity contribution in [2.24, 2.45) is 0 Å². The summed E-state index contributed by atoms with van der Waals surface area (Å²) in [6.45, 7) is 1.88. The standard InChI is InChI=1S/C26H37F3N2O9S/c1-36-19-17-31(40-23-4-2-3-18-37-23)15-11-25(12-16-31,24(32)33)41(34,35)30-13-9-21(10-14-30)38-20-5-7-22(8-6-20)39-26(27,28)29/h5-8,21,23H,2-4,9-19H2,1H3/p+1. The Balaban J connectivity index is 1.38. The summed E-state index contributed by atoms with van der Waals surface area (Å²) in [5, 5.41) is 10.3. The van der Waals surface area contributed by atoms with Gasteiger partial charge in [0.1, 0.15) is 37.2 Å². The molecule has 0 bridgehead atoms. The zero-order valence-electron chi connectivity index (χ0n) is 23.0. The molecule has 0 radical (unpaired) electrons. The number of rotatable bonds is 11. The van der Waals surface area contributed by atoms with Crippen LogP contribution in [0, 0.1) is 0 Å². The summed E-state index contributed by atoms with van der Waals surface area (Å²) in [6.07, 6.45) is -2.63. The number of aliphatic carboxylic acids is 1. The summed E-state index contributed by atoms with van der Waals surface area (Å²) in [5.41, 5.74) is 0. The summed E-state index contributed by atoms with van der Waals surface area (Å²) in [4.78, 5) is 18.9. The molecule has 0 spiro atoms. The Morgan fingerprint density at radius 3 is 2.27 bits per heavy atom. The Kier molecular flexibility index (Phi) is 10.1. The first-order valence-corrected chi connectivity index (χ1v) is 15.2. The van der Waals surface area contributed by atoms with Gasteiger partial charge in [0.05, 0.1) is 6.61 Å². The number of carboxylic acids is 1. The van der Waals surface area contributed by atoms with E-state index in [9.17, 15) is 31.5 Å². The number of hydrogen-bond donors (Lipinski definition) is 1. The zero-order chi connectivity index (χ0) is 29.7. The highest BCUT2D eigenvalue weighted by molar-refractivity contribution is 7.91. The van der Waals surface area contributed by atoms with Gasteiger partial charge in [-0.3, -0.25) is 4.79 Å². The predicted molar refractivity (Wildman–Crippen MR) is 138 cm³/mol. The number of likely N-dealkylation sites (tertiary alicyclic amines) is 1. The number of hydrogen-bond acceptors (Lipinski definition) is 8. The molecule has 3 aliphatic rings. The molecule has 0 aliphatic carbocycles. The van der Waals surface area contributed by atoms with E-state index >= 15 is 0 Å². The molecule has 0 saturated carbocycles. The van der Waals surface area contributed by atoms with Gasteiger partial charge in [0.15, 0.2) is 4.75 Å². The topological polar surface area (TPSA) is 121 Å². The molecule has 1 aromatic carbocycles. The number of nitrogens with zero attached hydrogens (tertiary/aromatic N) is 2. The van der Waals surface area contributed by atoms with E-state index in [1.807, 2.05) is 0 Å². The van der Waals surface area contributed by atoms with Crippen LogP contribution in [0.1, 0.15) is 44.9 Å². The number of benzene rings is 1. The molecule has 1 aromatic rings. The molecule has 3 saturated heterocycles. The number of sulfonamides is 1. The number of piperidine rings is 2. The molecule has 3 fully saturated rings. The molecule has 1 atom stereocenters. The van der Waals surface area contributed by atoms with Crippen LogP contribution in [0.5, 0.6) is 11.5 Å². The van der Waals surface area contributed by atoms with Crippen molar-refractivity contribution in [2.75, 3.05) is 53.0 Å². The Morgan fingerprint density at radius 1 is 1.10 bits per heavy atom. The first-order chi connectivity index (χ1) is 19.4. The lowest BCUT2D eigenvalue weighted by Crippen LogP contribution is -2.65. The van der Waals surface area contributed by atoms with Gasteiger partial charge in [0.2, 0.25) is 16.3 Å². The van der Waals surface area contributed by atoms with Crippen molar-refractivity contribution in [3.63, 3.8) is 0 Å². The minimum atomic E-state index is -4.80. The van der Waals surface area contributed by atoms with Crippen LogP contribution < -0.4 is 9.47 Å². The monoisotopic (exact) mass is 611 g/mol. The summed E-state index contributed by atoms with van der Waals surface area (Å²) < 4.78 is 84.8. The quantitative estimate of drug-likeness (QED) is 0.376. The SMILES string of the molecule is COCC[N+]1(OC2CCCCO2)CCC(C(=O)O)(S(=O)(=O)N2CCC(Oc3ccc(OC(F)(F)F)cc3)CC2)CC1. The van der Waals surface area contributed by atoms with Gasteiger partial charge in [0, 0.05) is 46.1 Å². The molecule has 3 heterocycles. The normalized spacial score (nSPS) is 28.7. The minimum absolute atomic E-state index is 0.0629. The molecule has 4 rings (SSSR count). The Bertz CT molecular complexity index is 1110. The number of methoxy groups -OCH3 is 1. The first-order valence-electron chi connectivity index (χ1n) is 13.8. The Hall–Kier alpha value is -2.17. The van der Waals surface area contributed by atoms with Gasteiger partial charge in [0.25, 0.3) is 0 Å². The maximum absolute atomic E-state index is 13.8. The van der Waals surface area contributed by atoms with Crippen LogP contribution in [0.4, 0.5) is 13.2 Å². The second kappa shape index (κ2) is 13.0. The smallest absolute Gasteiger partial charge is 0.490 e. The maximum atomic E-state index is 13.8. The van der Waals surface area contributed by atoms with E-state index in [4.69, 9.17) is 19.0 Å². The summed E-state index contributed by atoms with van der Waals surface area (Å²) in [5.74, 6) is -1.43. The third kappa shape index (κ3) is 7.62. The third-order valence-electron chi connectivity index (χ3n) is 8.01. The number of carboxylic acid groups (broad SMARTS) is 1. The fourth-order valence-electron chi connectivity index (χ4n) is 5.62. The van der Waals surface area contributed by atoms with Gasteiger partial charge in [-0.1, -0.05) is 0 Å². The molecular formula is C26H38F3N2O9S+. The van der Waals surface area contributed by atoms with Crippen molar-refractivity contribution in [3.05, 3.63) is 24.3 Å². The van der Waals surface area contributed by atoms with Gasteiger partial charge in [-0.25, -0.2) is 12.7 Å².